The molecule has 1 aromatic heterocycles. The van der Waals surface area contributed by atoms with Crippen molar-refractivity contribution in [3.05, 3.63) is 57.8 Å². The number of alkyl halides is 3. The Morgan fingerprint density at radius 3 is 2.47 bits per heavy atom. The van der Waals surface area contributed by atoms with Crippen LogP contribution in [0.25, 0.3) is 0 Å². The summed E-state index contributed by atoms with van der Waals surface area (Å²) in [5.74, 6) is -0.986. The normalized spacial score (nSPS) is 14.7. The van der Waals surface area contributed by atoms with Crippen LogP contribution in [-0.2, 0) is 21.1 Å². The van der Waals surface area contributed by atoms with Crippen molar-refractivity contribution in [3.8, 4) is 11.6 Å². The summed E-state index contributed by atoms with van der Waals surface area (Å²) in [4.78, 5) is 25.7. The first kappa shape index (κ1) is 21.3. The van der Waals surface area contributed by atoms with E-state index in [9.17, 15) is 28.1 Å². The van der Waals surface area contributed by atoms with Crippen LogP contribution in [0.2, 0.25) is 0 Å². The molecule has 1 saturated carbocycles. The first-order valence-corrected chi connectivity index (χ1v) is 8.79. The molecule has 0 saturated heterocycles. The van der Waals surface area contributed by atoms with Crippen LogP contribution < -0.4 is 9.47 Å². The summed E-state index contributed by atoms with van der Waals surface area (Å²) >= 11 is 0. The van der Waals surface area contributed by atoms with Gasteiger partial charge in [-0.15, -0.1) is 0 Å². The number of pyridine rings is 1. The zero-order chi connectivity index (χ0) is 21.9. The van der Waals surface area contributed by atoms with Crippen LogP contribution in [0.3, 0.4) is 0 Å². The van der Waals surface area contributed by atoms with Crippen LogP contribution in [0.5, 0.6) is 11.6 Å². The Morgan fingerprint density at radius 2 is 1.93 bits per heavy atom. The first-order valence-electron chi connectivity index (χ1n) is 8.79. The van der Waals surface area contributed by atoms with Gasteiger partial charge in [-0.1, -0.05) is 0 Å². The monoisotopic (exact) mass is 426 g/mol. The number of hydrogen-bond donors (Lipinski definition) is 0. The van der Waals surface area contributed by atoms with Crippen LogP contribution in [0.1, 0.15) is 24.0 Å². The number of rotatable bonds is 8. The second-order valence-corrected chi connectivity index (χ2v) is 6.76. The number of nitrogens with zero attached hydrogens (tertiary/aromatic N) is 2. The highest BCUT2D eigenvalue weighted by molar-refractivity contribution is 5.71. The second kappa shape index (κ2) is 8.17. The van der Waals surface area contributed by atoms with Gasteiger partial charge in [0.05, 0.1) is 12.0 Å². The lowest BCUT2D eigenvalue weighted by molar-refractivity contribution is -0.384. The minimum atomic E-state index is -4.63. The van der Waals surface area contributed by atoms with Crippen molar-refractivity contribution in [2.45, 2.75) is 24.4 Å². The molecule has 11 heteroatoms. The Kier molecular flexibility index (Phi) is 5.81. The SMILES string of the molecule is COc1ncc(C2(COC(=O)COc3ccc([N+](=O)[O-])cc3)CC2)cc1C(F)(F)F. The van der Waals surface area contributed by atoms with Crippen molar-refractivity contribution >= 4 is 11.7 Å². The molecular weight excluding hydrogens is 409 g/mol. The molecule has 0 spiro atoms. The molecule has 0 amide bonds. The van der Waals surface area contributed by atoms with Gasteiger partial charge in [0, 0.05) is 23.7 Å². The number of carbonyl (C=O) groups excluding carboxylic acids is 1. The molecule has 1 fully saturated rings. The van der Waals surface area contributed by atoms with E-state index in [0.29, 0.717) is 18.4 Å². The number of halogens is 3. The Hall–Kier alpha value is -3.37. The van der Waals surface area contributed by atoms with Crippen molar-refractivity contribution in [3.63, 3.8) is 0 Å². The molecule has 1 aliphatic rings. The Balaban J connectivity index is 1.59. The molecular formula is C19H17F3N2O6. The molecule has 0 aliphatic heterocycles. The largest absolute Gasteiger partial charge is 0.482 e. The molecule has 3 rings (SSSR count). The topological polar surface area (TPSA) is 101 Å². The van der Waals surface area contributed by atoms with E-state index in [2.05, 4.69) is 9.72 Å². The van der Waals surface area contributed by atoms with E-state index in [1.807, 2.05) is 0 Å². The fourth-order valence-electron chi connectivity index (χ4n) is 2.84. The Labute approximate surface area is 168 Å². The van der Waals surface area contributed by atoms with E-state index in [0.717, 1.165) is 13.2 Å². The number of carbonyl (C=O) groups is 1. The third-order valence-corrected chi connectivity index (χ3v) is 4.73. The number of aromatic nitrogens is 1. The molecule has 2 aromatic rings. The number of benzene rings is 1. The second-order valence-electron chi connectivity index (χ2n) is 6.76. The number of nitro benzene ring substituents is 1. The van der Waals surface area contributed by atoms with Crippen molar-refractivity contribution in [1.29, 1.82) is 0 Å². The smallest absolute Gasteiger partial charge is 0.421 e. The summed E-state index contributed by atoms with van der Waals surface area (Å²) in [6, 6.07) is 6.12. The van der Waals surface area contributed by atoms with E-state index in [1.54, 1.807) is 0 Å². The molecule has 0 atom stereocenters. The van der Waals surface area contributed by atoms with Crippen molar-refractivity contribution in [2.24, 2.45) is 0 Å². The number of methoxy groups -OCH3 is 1. The standard InChI is InChI=1S/C19H17F3N2O6/c1-28-17-15(19(20,21)22)8-12(9-23-17)18(6-7-18)11-30-16(25)10-29-14-4-2-13(3-5-14)24(26)27/h2-5,8-9H,6-7,10-11H2,1H3. The highest BCUT2D eigenvalue weighted by Gasteiger charge is 2.47. The molecule has 0 radical (unpaired) electrons. The number of ether oxygens (including phenoxy) is 3. The van der Waals surface area contributed by atoms with Crippen LogP contribution in [-0.4, -0.2) is 36.2 Å². The summed E-state index contributed by atoms with van der Waals surface area (Å²) in [7, 11) is 1.11. The quantitative estimate of drug-likeness (QED) is 0.361. The number of non-ortho nitro benzene ring substituents is 1. The van der Waals surface area contributed by atoms with Gasteiger partial charge in [0.1, 0.15) is 17.9 Å². The minimum absolute atomic E-state index is 0.110. The van der Waals surface area contributed by atoms with Crippen LogP contribution in [0.4, 0.5) is 18.9 Å². The fraction of sp³-hybridized carbons (Fsp3) is 0.368. The van der Waals surface area contributed by atoms with Crippen LogP contribution >= 0.6 is 0 Å². The lowest BCUT2D eigenvalue weighted by Crippen LogP contribution is -2.23. The highest BCUT2D eigenvalue weighted by Crippen LogP contribution is 2.50. The van der Waals surface area contributed by atoms with Gasteiger partial charge >= 0.3 is 12.1 Å². The molecule has 1 aliphatic carbocycles. The molecule has 1 aromatic carbocycles. The number of hydrogen-bond acceptors (Lipinski definition) is 7. The lowest BCUT2D eigenvalue weighted by atomic mass is 9.97. The summed E-state index contributed by atoms with van der Waals surface area (Å²) in [5.41, 5.74) is -1.50. The molecule has 0 N–H and O–H groups in total. The zero-order valence-corrected chi connectivity index (χ0v) is 15.8. The maximum atomic E-state index is 13.2. The maximum absolute atomic E-state index is 13.2. The van der Waals surface area contributed by atoms with E-state index in [1.165, 1.54) is 30.5 Å². The van der Waals surface area contributed by atoms with Gasteiger partial charge < -0.3 is 14.2 Å². The van der Waals surface area contributed by atoms with Gasteiger partial charge in [-0.3, -0.25) is 10.1 Å². The van der Waals surface area contributed by atoms with Gasteiger partial charge in [0.2, 0.25) is 5.88 Å². The zero-order valence-electron chi connectivity index (χ0n) is 15.8. The van der Waals surface area contributed by atoms with Crippen LogP contribution in [0, 0.1) is 10.1 Å². The molecule has 30 heavy (non-hydrogen) atoms. The predicted octanol–water partition coefficient (Wildman–Crippen LogP) is 3.67. The minimum Gasteiger partial charge on any atom is -0.482 e. The Bertz CT molecular complexity index is 942. The van der Waals surface area contributed by atoms with Gasteiger partial charge in [-0.25, -0.2) is 9.78 Å². The average Bonchev–Trinajstić information content (AvgIpc) is 3.51. The van der Waals surface area contributed by atoms with Gasteiger partial charge in [0.25, 0.3) is 5.69 Å². The van der Waals surface area contributed by atoms with Gasteiger partial charge in [-0.2, -0.15) is 13.2 Å². The fourth-order valence-corrected chi connectivity index (χ4v) is 2.84. The van der Waals surface area contributed by atoms with Crippen molar-refractivity contribution < 1.29 is 37.1 Å². The van der Waals surface area contributed by atoms with Crippen LogP contribution in [0.15, 0.2) is 36.5 Å². The van der Waals surface area contributed by atoms with E-state index >= 15 is 0 Å². The molecule has 8 nitrogen and oxygen atoms in total. The van der Waals surface area contributed by atoms with Gasteiger partial charge in [-0.05, 0) is 36.6 Å². The van der Waals surface area contributed by atoms with E-state index in [4.69, 9.17) is 9.47 Å². The number of nitro groups is 1. The molecule has 0 bridgehead atoms. The first-order chi connectivity index (χ1) is 14.1. The third-order valence-electron chi connectivity index (χ3n) is 4.73. The predicted molar refractivity (Wildman–Crippen MR) is 96.3 cm³/mol. The highest BCUT2D eigenvalue weighted by atomic mass is 19.4. The molecule has 0 unspecified atom stereocenters. The summed E-state index contributed by atoms with van der Waals surface area (Å²) in [6.07, 6.45) is -2.23. The summed E-state index contributed by atoms with van der Waals surface area (Å²) in [5, 5.41) is 10.6. The molecule has 160 valence electrons. The van der Waals surface area contributed by atoms with E-state index in [-0.39, 0.29) is 18.0 Å². The van der Waals surface area contributed by atoms with Gasteiger partial charge in [0.15, 0.2) is 6.61 Å². The lowest BCUT2D eigenvalue weighted by Gasteiger charge is -2.18. The third kappa shape index (κ3) is 4.78. The summed E-state index contributed by atoms with van der Waals surface area (Å²) in [6.45, 7) is -0.552. The average molecular weight is 426 g/mol. The summed E-state index contributed by atoms with van der Waals surface area (Å²) < 4.78 is 54.7. The van der Waals surface area contributed by atoms with E-state index < -0.39 is 40.5 Å². The Morgan fingerprint density at radius 1 is 1.27 bits per heavy atom. The van der Waals surface area contributed by atoms with Crippen molar-refractivity contribution in [2.75, 3.05) is 20.3 Å². The van der Waals surface area contributed by atoms with Crippen molar-refractivity contribution in [1.82, 2.24) is 4.98 Å². The number of esters is 1. The molecule has 1 heterocycles. The maximum Gasteiger partial charge on any atom is 0.421 e.